The van der Waals surface area contributed by atoms with Crippen LogP contribution in [0.1, 0.15) is 29.5 Å². The molecule has 2 aromatic rings. The third-order valence-electron chi connectivity index (χ3n) is 3.95. The summed E-state index contributed by atoms with van der Waals surface area (Å²) in [4.78, 5) is 4.34. The Balaban J connectivity index is 2.06. The lowest BCUT2D eigenvalue weighted by Crippen LogP contribution is -2.12. The first-order chi connectivity index (χ1) is 11.0. The molecule has 0 aliphatic heterocycles. The van der Waals surface area contributed by atoms with Gasteiger partial charge in [-0.25, -0.2) is 0 Å². The maximum Gasteiger partial charge on any atom is 0.418 e. The minimum atomic E-state index is -4.40. The van der Waals surface area contributed by atoms with E-state index < -0.39 is 11.7 Å². The van der Waals surface area contributed by atoms with Crippen molar-refractivity contribution in [2.24, 2.45) is 4.99 Å². The van der Waals surface area contributed by atoms with E-state index in [2.05, 4.69) is 4.99 Å². The van der Waals surface area contributed by atoms with E-state index in [0.29, 0.717) is 12.1 Å². The van der Waals surface area contributed by atoms with Gasteiger partial charge in [-0.05, 0) is 60.7 Å². The molecule has 3 rings (SSSR count). The number of methoxy groups -OCH3 is 1. The summed E-state index contributed by atoms with van der Waals surface area (Å²) >= 11 is 0. The molecule has 0 amide bonds. The second-order valence-corrected chi connectivity index (χ2v) is 5.45. The van der Waals surface area contributed by atoms with E-state index in [1.807, 2.05) is 18.2 Å². The maximum absolute atomic E-state index is 13.1. The molecule has 2 nitrogen and oxygen atoms in total. The number of aryl methyl sites for hydroxylation is 1. The first-order valence-corrected chi connectivity index (χ1v) is 7.40. The fourth-order valence-electron chi connectivity index (χ4n) is 2.84. The summed E-state index contributed by atoms with van der Waals surface area (Å²) in [6, 6.07) is 11.1. The van der Waals surface area contributed by atoms with Crippen LogP contribution in [0.25, 0.3) is 0 Å². The second-order valence-electron chi connectivity index (χ2n) is 5.45. The summed E-state index contributed by atoms with van der Waals surface area (Å²) in [5.74, 6) is 0.751. The van der Waals surface area contributed by atoms with Gasteiger partial charge in [-0.2, -0.15) is 13.2 Å². The minimum absolute atomic E-state index is 0.0290. The summed E-state index contributed by atoms with van der Waals surface area (Å²) in [5, 5.41) is 0. The minimum Gasteiger partial charge on any atom is -0.497 e. The zero-order valence-corrected chi connectivity index (χ0v) is 12.7. The number of nitrogens with zero attached hydrogens (tertiary/aromatic N) is 1. The molecule has 0 fully saturated rings. The van der Waals surface area contributed by atoms with Crippen molar-refractivity contribution in [1.82, 2.24) is 0 Å². The molecule has 0 unspecified atom stereocenters. The molecule has 0 atom stereocenters. The van der Waals surface area contributed by atoms with Gasteiger partial charge in [0.05, 0.1) is 18.4 Å². The van der Waals surface area contributed by atoms with E-state index in [1.54, 1.807) is 13.2 Å². The number of hydrogen-bond acceptors (Lipinski definition) is 2. The number of rotatable bonds is 2. The van der Waals surface area contributed by atoms with Gasteiger partial charge in [0.25, 0.3) is 0 Å². The fourth-order valence-corrected chi connectivity index (χ4v) is 2.84. The predicted octanol–water partition coefficient (Wildman–Crippen LogP) is 5.17. The molecule has 0 saturated heterocycles. The highest BCUT2D eigenvalue weighted by atomic mass is 19.4. The lowest BCUT2D eigenvalue weighted by molar-refractivity contribution is -0.137. The van der Waals surface area contributed by atoms with Crippen LogP contribution >= 0.6 is 0 Å². The highest BCUT2D eigenvalue weighted by Crippen LogP contribution is 2.37. The topological polar surface area (TPSA) is 21.6 Å². The van der Waals surface area contributed by atoms with E-state index >= 15 is 0 Å². The van der Waals surface area contributed by atoms with Crippen LogP contribution in [0.5, 0.6) is 5.75 Å². The Labute approximate surface area is 132 Å². The van der Waals surface area contributed by atoms with E-state index in [9.17, 15) is 13.2 Å². The Morgan fingerprint density at radius 3 is 2.57 bits per heavy atom. The summed E-state index contributed by atoms with van der Waals surface area (Å²) in [6.07, 6.45) is -1.98. The number of halogens is 3. The lowest BCUT2D eigenvalue weighted by Gasteiger charge is -2.19. The van der Waals surface area contributed by atoms with Gasteiger partial charge in [0.2, 0.25) is 0 Å². The number of aliphatic imine (C=N–C) groups is 1. The fraction of sp³-hybridized carbons (Fsp3) is 0.278. The Morgan fingerprint density at radius 1 is 1.04 bits per heavy atom. The molecule has 0 N–H and O–H groups in total. The van der Waals surface area contributed by atoms with E-state index in [-0.39, 0.29) is 5.69 Å². The van der Waals surface area contributed by atoms with Crippen LogP contribution in [0.3, 0.4) is 0 Å². The van der Waals surface area contributed by atoms with E-state index in [4.69, 9.17) is 4.74 Å². The predicted molar refractivity (Wildman–Crippen MR) is 83.6 cm³/mol. The van der Waals surface area contributed by atoms with Gasteiger partial charge < -0.3 is 4.74 Å². The van der Waals surface area contributed by atoms with E-state index in [1.165, 1.54) is 12.1 Å². The largest absolute Gasteiger partial charge is 0.497 e. The molecule has 0 heterocycles. The van der Waals surface area contributed by atoms with Gasteiger partial charge >= 0.3 is 6.18 Å². The van der Waals surface area contributed by atoms with Crippen LogP contribution in [0.15, 0.2) is 47.5 Å². The molecule has 23 heavy (non-hydrogen) atoms. The third kappa shape index (κ3) is 3.23. The Kier molecular flexibility index (Phi) is 4.11. The summed E-state index contributed by atoms with van der Waals surface area (Å²) in [7, 11) is 1.60. The number of para-hydroxylation sites is 1. The lowest BCUT2D eigenvalue weighted by atomic mass is 9.89. The molecule has 0 spiro atoms. The molecule has 0 radical (unpaired) electrons. The number of ether oxygens (including phenoxy) is 1. The van der Waals surface area contributed by atoms with Gasteiger partial charge in [0.1, 0.15) is 5.75 Å². The Hall–Kier alpha value is -2.30. The average Bonchev–Trinajstić information content (AvgIpc) is 2.54. The van der Waals surface area contributed by atoms with Crippen molar-refractivity contribution in [1.29, 1.82) is 0 Å². The molecular weight excluding hydrogens is 303 g/mol. The zero-order chi connectivity index (χ0) is 16.4. The van der Waals surface area contributed by atoms with Gasteiger partial charge in [-0.15, -0.1) is 0 Å². The molecule has 1 aliphatic carbocycles. The van der Waals surface area contributed by atoms with Gasteiger partial charge in [-0.1, -0.05) is 12.1 Å². The molecular formula is C18H16F3NO. The second kappa shape index (κ2) is 6.07. The Bertz CT molecular complexity index is 750. The van der Waals surface area contributed by atoms with Crippen molar-refractivity contribution in [3.05, 3.63) is 59.2 Å². The number of alkyl halides is 3. The number of fused-ring (bicyclic) bond motifs is 1. The van der Waals surface area contributed by atoms with Crippen LogP contribution < -0.4 is 4.74 Å². The van der Waals surface area contributed by atoms with Crippen LogP contribution in [-0.2, 0) is 12.6 Å². The van der Waals surface area contributed by atoms with Crippen LogP contribution in [-0.4, -0.2) is 12.8 Å². The van der Waals surface area contributed by atoms with E-state index in [0.717, 1.165) is 35.8 Å². The molecule has 0 bridgehead atoms. The van der Waals surface area contributed by atoms with Crippen LogP contribution in [0.2, 0.25) is 0 Å². The summed E-state index contributed by atoms with van der Waals surface area (Å²) in [6.45, 7) is 0. The summed E-state index contributed by atoms with van der Waals surface area (Å²) < 4.78 is 44.5. The quantitative estimate of drug-likeness (QED) is 0.748. The molecule has 0 saturated carbocycles. The highest BCUT2D eigenvalue weighted by molar-refractivity contribution is 6.04. The SMILES string of the molecule is COc1ccc2c(c1)CCCC2=Nc1ccccc1C(F)(F)F. The highest BCUT2D eigenvalue weighted by Gasteiger charge is 2.33. The van der Waals surface area contributed by atoms with Crippen LogP contribution in [0, 0.1) is 0 Å². The molecule has 1 aliphatic rings. The summed E-state index contributed by atoms with van der Waals surface area (Å²) in [5.41, 5.74) is 1.95. The van der Waals surface area contributed by atoms with Crippen LogP contribution in [0.4, 0.5) is 18.9 Å². The van der Waals surface area contributed by atoms with Crippen molar-refractivity contribution in [3.63, 3.8) is 0 Å². The van der Waals surface area contributed by atoms with Crippen molar-refractivity contribution >= 4 is 11.4 Å². The van der Waals surface area contributed by atoms with Crippen molar-refractivity contribution in [2.45, 2.75) is 25.4 Å². The van der Waals surface area contributed by atoms with Crippen molar-refractivity contribution in [3.8, 4) is 5.75 Å². The monoisotopic (exact) mass is 319 g/mol. The molecule has 120 valence electrons. The molecule has 2 aromatic carbocycles. The smallest absolute Gasteiger partial charge is 0.418 e. The average molecular weight is 319 g/mol. The zero-order valence-electron chi connectivity index (χ0n) is 12.7. The van der Waals surface area contributed by atoms with Gasteiger partial charge in [0.15, 0.2) is 0 Å². The van der Waals surface area contributed by atoms with Gasteiger partial charge in [-0.3, -0.25) is 4.99 Å². The molecule has 5 heteroatoms. The first kappa shape index (κ1) is 15.6. The van der Waals surface area contributed by atoms with Gasteiger partial charge in [0, 0.05) is 5.71 Å². The molecule has 0 aromatic heterocycles. The maximum atomic E-state index is 13.1. The van der Waals surface area contributed by atoms with Crippen molar-refractivity contribution in [2.75, 3.05) is 7.11 Å². The number of hydrogen-bond donors (Lipinski definition) is 0. The van der Waals surface area contributed by atoms with Crippen molar-refractivity contribution < 1.29 is 17.9 Å². The third-order valence-corrected chi connectivity index (χ3v) is 3.95. The Morgan fingerprint density at radius 2 is 1.83 bits per heavy atom. The first-order valence-electron chi connectivity index (χ1n) is 7.40. The standard InChI is InChI=1S/C18H16F3NO/c1-23-13-9-10-14-12(11-13)5-4-8-16(14)22-17-7-3-2-6-15(17)18(19,20)21/h2-3,6-7,9-11H,4-5,8H2,1H3. The number of benzene rings is 2. The normalized spacial score (nSPS) is 16.3.